The van der Waals surface area contributed by atoms with Crippen molar-refractivity contribution in [1.29, 1.82) is 0 Å². The number of amides is 1. The van der Waals surface area contributed by atoms with E-state index < -0.39 is 12.1 Å². The average molecular weight is 929 g/mol. The van der Waals surface area contributed by atoms with Crippen molar-refractivity contribution >= 4 is 11.9 Å². The maximum atomic E-state index is 12.5. The number of rotatable bonds is 54. The second kappa shape index (κ2) is 55.7. The molecule has 6 heteroatoms. The van der Waals surface area contributed by atoms with Crippen molar-refractivity contribution in [2.24, 2.45) is 0 Å². The van der Waals surface area contributed by atoms with Crippen LogP contribution < -0.4 is 5.32 Å². The highest BCUT2D eigenvalue weighted by molar-refractivity contribution is 5.76. The van der Waals surface area contributed by atoms with Gasteiger partial charge in [-0.2, -0.15) is 0 Å². The lowest BCUT2D eigenvalue weighted by Crippen LogP contribution is -2.45. The molecule has 3 N–H and O–H groups in total. The number of hydrogen-bond acceptors (Lipinski definition) is 5. The quantitative estimate of drug-likeness (QED) is 0.0321. The zero-order valence-electron chi connectivity index (χ0n) is 44.2. The number of ether oxygens (including phenoxy) is 1. The van der Waals surface area contributed by atoms with E-state index in [1.165, 1.54) is 199 Å². The predicted molar refractivity (Wildman–Crippen MR) is 287 cm³/mol. The van der Waals surface area contributed by atoms with Gasteiger partial charge >= 0.3 is 5.97 Å². The zero-order chi connectivity index (χ0) is 47.9. The number of esters is 1. The van der Waals surface area contributed by atoms with E-state index >= 15 is 0 Å². The van der Waals surface area contributed by atoms with Crippen molar-refractivity contribution in [2.75, 3.05) is 13.2 Å². The molecule has 0 aromatic heterocycles. The molecule has 0 aromatic carbocycles. The average Bonchev–Trinajstić information content (AvgIpc) is 3.32. The van der Waals surface area contributed by atoms with Crippen LogP contribution in [0.3, 0.4) is 0 Å². The molecule has 0 heterocycles. The number of aliphatic hydroxyl groups is 2. The Bertz CT molecular complexity index is 1070. The van der Waals surface area contributed by atoms with Crippen LogP contribution in [0.2, 0.25) is 0 Å². The maximum Gasteiger partial charge on any atom is 0.305 e. The van der Waals surface area contributed by atoms with Gasteiger partial charge in [-0.1, -0.05) is 243 Å². The van der Waals surface area contributed by atoms with Crippen molar-refractivity contribution in [1.82, 2.24) is 5.32 Å². The van der Waals surface area contributed by atoms with E-state index in [1.54, 1.807) is 6.08 Å². The third-order valence-corrected chi connectivity index (χ3v) is 13.4. The van der Waals surface area contributed by atoms with Gasteiger partial charge in [-0.25, -0.2) is 0 Å². The van der Waals surface area contributed by atoms with Crippen LogP contribution in [-0.4, -0.2) is 47.4 Å². The fourth-order valence-electron chi connectivity index (χ4n) is 8.86. The fraction of sp³-hybridized carbons (Fsp3) is 0.867. The van der Waals surface area contributed by atoms with Crippen molar-refractivity contribution in [3.05, 3.63) is 36.5 Å². The number of aliphatic hydroxyl groups excluding tert-OH is 2. The number of nitrogens with one attached hydrogen (secondary N) is 1. The fourth-order valence-corrected chi connectivity index (χ4v) is 8.86. The number of hydrogen-bond donors (Lipinski definition) is 3. The van der Waals surface area contributed by atoms with Crippen LogP contribution in [0.15, 0.2) is 36.5 Å². The first kappa shape index (κ1) is 64.1. The summed E-state index contributed by atoms with van der Waals surface area (Å²) in [6, 6.07) is -0.648. The molecule has 0 radical (unpaired) electrons. The second-order valence-electron chi connectivity index (χ2n) is 20.0. The van der Waals surface area contributed by atoms with E-state index in [-0.39, 0.29) is 18.5 Å². The van der Waals surface area contributed by atoms with Crippen molar-refractivity contribution in [2.45, 2.75) is 321 Å². The van der Waals surface area contributed by atoms with Gasteiger partial charge in [0.05, 0.1) is 25.4 Å². The molecule has 0 saturated carbocycles. The van der Waals surface area contributed by atoms with Crippen LogP contribution in [0.4, 0.5) is 0 Å². The molecule has 1 amide bonds. The predicted octanol–water partition coefficient (Wildman–Crippen LogP) is 18.0. The normalized spacial score (nSPS) is 12.8. The largest absolute Gasteiger partial charge is 0.466 e. The minimum Gasteiger partial charge on any atom is -0.466 e. The summed E-state index contributed by atoms with van der Waals surface area (Å²) in [4.78, 5) is 24.5. The Hall–Kier alpha value is -1.92. The second-order valence-corrected chi connectivity index (χ2v) is 20.0. The van der Waals surface area contributed by atoms with Crippen molar-refractivity contribution in [3.8, 4) is 0 Å². The van der Waals surface area contributed by atoms with Gasteiger partial charge in [0.1, 0.15) is 0 Å². The first-order chi connectivity index (χ1) is 32.5. The van der Waals surface area contributed by atoms with E-state index in [9.17, 15) is 19.8 Å². The van der Waals surface area contributed by atoms with Gasteiger partial charge in [0.15, 0.2) is 0 Å². The summed E-state index contributed by atoms with van der Waals surface area (Å²) in [5, 5.41) is 23.2. The molecule has 0 aliphatic heterocycles. The molecule has 2 atom stereocenters. The zero-order valence-corrected chi connectivity index (χ0v) is 44.2. The Morgan fingerprint density at radius 1 is 0.409 bits per heavy atom. The van der Waals surface area contributed by atoms with Crippen LogP contribution >= 0.6 is 0 Å². The molecule has 0 spiro atoms. The summed E-state index contributed by atoms with van der Waals surface area (Å²) in [5.41, 5.74) is 0. The highest BCUT2D eigenvalue weighted by Crippen LogP contribution is 2.16. The molecular weight excluding hydrogens is 815 g/mol. The standard InChI is InChI=1S/C60H113NO5/c1-3-5-7-9-11-13-15-17-19-20-21-22-23-24-25-27-28-32-36-40-44-48-52-58(63)57(56-62)61-59(64)53-49-45-41-37-33-30-31-35-39-43-47-51-55-66-60(65)54-50-46-42-38-34-29-26-18-16-14-12-10-8-6-4-2/h18,26,31,35,48,52,57-58,62-63H,3-17,19-25,27-30,32-34,36-47,49-51,53-56H2,1-2H3,(H,61,64)/b26-18-,35-31-,52-48+. The lowest BCUT2D eigenvalue weighted by Gasteiger charge is -2.20. The molecular formula is C60H113NO5. The van der Waals surface area contributed by atoms with Crippen LogP contribution in [-0.2, 0) is 14.3 Å². The van der Waals surface area contributed by atoms with Gasteiger partial charge in [0.25, 0.3) is 0 Å². The van der Waals surface area contributed by atoms with Gasteiger partial charge in [-0.05, 0) is 89.9 Å². The number of carbonyl (C=O) groups is 2. The number of unbranched alkanes of at least 4 members (excludes halogenated alkanes) is 39. The van der Waals surface area contributed by atoms with E-state index in [2.05, 4.69) is 43.5 Å². The summed E-state index contributed by atoms with van der Waals surface area (Å²) in [5.74, 6) is -0.124. The van der Waals surface area contributed by atoms with Gasteiger partial charge in [0, 0.05) is 12.8 Å². The summed E-state index contributed by atoms with van der Waals surface area (Å²) < 4.78 is 5.45. The van der Waals surface area contributed by atoms with E-state index in [0.29, 0.717) is 19.4 Å². The van der Waals surface area contributed by atoms with Crippen LogP contribution in [0.5, 0.6) is 0 Å². The molecule has 0 aliphatic rings. The molecule has 6 nitrogen and oxygen atoms in total. The molecule has 0 saturated heterocycles. The Balaban J connectivity index is 3.54. The molecule has 388 valence electrons. The van der Waals surface area contributed by atoms with Crippen molar-refractivity contribution < 1.29 is 24.5 Å². The van der Waals surface area contributed by atoms with Gasteiger partial charge in [-0.3, -0.25) is 9.59 Å². The highest BCUT2D eigenvalue weighted by Gasteiger charge is 2.18. The van der Waals surface area contributed by atoms with Gasteiger partial charge in [-0.15, -0.1) is 0 Å². The molecule has 2 unspecified atom stereocenters. The molecule has 0 aromatic rings. The third kappa shape index (κ3) is 51.5. The van der Waals surface area contributed by atoms with Crippen LogP contribution in [0, 0.1) is 0 Å². The third-order valence-electron chi connectivity index (χ3n) is 13.4. The van der Waals surface area contributed by atoms with Crippen molar-refractivity contribution in [3.63, 3.8) is 0 Å². The molecule has 0 fully saturated rings. The van der Waals surface area contributed by atoms with Gasteiger partial charge < -0.3 is 20.3 Å². The maximum absolute atomic E-state index is 12.5. The SMILES string of the molecule is CCCCCCCC/C=C\CCCCCCCC(=O)OCCCCC/C=C\CCCCCCCC(=O)NC(CO)C(O)/C=C/CCCCCCCCCCCCCCCCCCCCCC. The Morgan fingerprint density at radius 3 is 1.08 bits per heavy atom. The topological polar surface area (TPSA) is 95.9 Å². The summed E-state index contributed by atoms with van der Waals surface area (Å²) >= 11 is 0. The first-order valence-electron chi connectivity index (χ1n) is 29.3. The molecule has 0 bridgehead atoms. The monoisotopic (exact) mass is 928 g/mol. The van der Waals surface area contributed by atoms with Gasteiger partial charge in [0.2, 0.25) is 5.91 Å². The summed E-state index contributed by atoms with van der Waals surface area (Å²) in [6.45, 7) is 4.85. The van der Waals surface area contributed by atoms with Crippen LogP contribution in [0.25, 0.3) is 0 Å². The minimum atomic E-state index is -0.862. The van der Waals surface area contributed by atoms with E-state index in [4.69, 9.17) is 4.74 Å². The number of allylic oxidation sites excluding steroid dienone is 5. The number of carbonyl (C=O) groups excluding carboxylic acids is 2. The van der Waals surface area contributed by atoms with E-state index in [1.807, 2.05) is 6.08 Å². The first-order valence-corrected chi connectivity index (χ1v) is 29.3. The van der Waals surface area contributed by atoms with E-state index in [0.717, 1.165) is 83.5 Å². The summed E-state index contributed by atoms with van der Waals surface area (Å²) in [7, 11) is 0. The molecule has 66 heavy (non-hydrogen) atoms. The smallest absolute Gasteiger partial charge is 0.305 e. The Kier molecular flexibility index (Phi) is 54.1. The summed E-state index contributed by atoms with van der Waals surface area (Å²) in [6.07, 6.45) is 68.8. The lowest BCUT2D eigenvalue weighted by molar-refractivity contribution is -0.143. The Labute approximate surface area is 411 Å². The molecule has 0 rings (SSSR count). The lowest BCUT2D eigenvalue weighted by atomic mass is 10.0. The molecule has 0 aliphatic carbocycles. The highest BCUT2D eigenvalue weighted by atomic mass is 16.5. The Morgan fingerprint density at radius 2 is 0.712 bits per heavy atom. The van der Waals surface area contributed by atoms with Crippen LogP contribution in [0.1, 0.15) is 309 Å². The minimum absolute atomic E-state index is 0.0320.